The fourth-order valence-electron chi connectivity index (χ4n) is 2.58. The Balaban J connectivity index is 2.16. The van der Waals surface area contributed by atoms with Gasteiger partial charge in [-0.1, -0.05) is 12.1 Å². The second-order valence-corrected chi connectivity index (χ2v) is 4.76. The molecule has 0 saturated heterocycles. The first-order valence-corrected chi connectivity index (χ1v) is 6.22. The number of benzene rings is 1. The highest BCUT2D eigenvalue weighted by atomic mass is 15.4. The molecule has 0 bridgehead atoms. The van der Waals surface area contributed by atoms with E-state index in [1.54, 1.807) is 0 Å². The third-order valence-corrected chi connectivity index (χ3v) is 3.73. The van der Waals surface area contributed by atoms with Gasteiger partial charge in [0.05, 0.1) is 23.3 Å². The molecule has 1 atom stereocenters. The van der Waals surface area contributed by atoms with Crippen molar-refractivity contribution in [2.24, 2.45) is 0 Å². The molecule has 0 amide bonds. The number of para-hydroxylation sites is 2. The van der Waals surface area contributed by atoms with Gasteiger partial charge in [0.15, 0.2) is 0 Å². The Morgan fingerprint density at radius 1 is 1.06 bits per heavy atom. The number of rotatable bonds is 1. The predicted octanol–water partition coefficient (Wildman–Crippen LogP) is 3.32. The minimum Gasteiger partial charge on any atom is -0.353 e. The van der Waals surface area contributed by atoms with E-state index < -0.39 is 0 Å². The normalized spacial score (nSPS) is 18.1. The summed E-state index contributed by atoms with van der Waals surface area (Å²) >= 11 is 0. The van der Waals surface area contributed by atoms with Crippen LogP contribution in [-0.2, 0) is 0 Å². The molecule has 1 unspecified atom stereocenters. The summed E-state index contributed by atoms with van der Waals surface area (Å²) in [4.78, 5) is 8.90. The van der Waals surface area contributed by atoms with Crippen molar-refractivity contribution in [3.05, 3.63) is 48.3 Å². The van der Waals surface area contributed by atoms with Crippen LogP contribution in [0.4, 0.5) is 17.1 Å². The summed E-state index contributed by atoms with van der Waals surface area (Å²) in [5.74, 6) is 0. The third-order valence-electron chi connectivity index (χ3n) is 3.73. The summed E-state index contributed by atoms with van der Waals surface area (Å²) in [5.41, 5.74) is 4.96. The molecule has 1 aromatic heterocycles. The Kier molecular flexibility index (Phi) is 2.47. The molecule has 1 aromatic carbocycles. The number of aromatic nitrogens is 1. The van der Waals surface area contributed by atoms with Gasteiger partial charge >= 0.3 is 0 Å². The van der Waals surface area contributed by atoms with Crippen molar-refractivity contribution in [1.82, 2.24) is 4.98 Å². The van der Waals surface area contributed by atoms with Crippen LogP contribution >= 0.6 is 0 Å². The fourth-order valence-corrected chi connectivity index (χ4v) is 2.58. The van der Waals surface area contributed by atoms with Gasteiger partial charge in [-0.15, -0.1) is 0 Å². The Morgan fingerprint density at radius 2 is 1.78 bits per heavy atom. The van der Waals surface area contributed by atoms with E-state index in [1.807, 2.05) is 12.4 Å². The smallest absolute Gasteiger partial charge is 0.103 e. The monoisotopic (exact) mass is 239 g/mol. The van der Waals surface area contributed by atoms with Gasteiger partial charge in [0.25, 0.3) is 0 Å². The van der Waals surface area contributed by atoms with Crippen LogP contribution in [0.3, 0.4) is 0 Å². The molecule has 3 heteroatoms. The van der Waals surface area contributed by atoms with Crippen molar-refractivity contribution < 1.29 is 0 Å². The molecular formula is C15H17N3. The molecule has 0 N–H and O–H groups in total. The van der Waals surface area contributed by atoms with Crippen molar-refractivity contribution in [1.29, 1.82) is 0 Å². The number of hydrogen-bond acceptors (Lipinski definition) is 3. The molecular weight excluding hydrogens is 222 g/mol. The molecule has 0 spiro atoms. The second-order valence-electron chi connectivity index (χ2n) is 4.76. The van der Waals surface area contributed by atoms with Crippen LogP contribution in [0.5, 0.6) is 0 Å². The summed E-state index contributed by atoms with van der Waals surface area (Å²) < 4.78 is 0. The molecule has 0 aliphatic carbocycles. The lowest BCUT2D eigenvalue weighted by molar-refractivity contribution is 0.731. The van der Waals surface area contributed by atoms with Crippen LogP contribution < -0.4 is 9.80 Å². The topological polar surface area (TPSA) is 19.4 Å². The first-order valence-electron chi connectivity index (χ1n) is 6.22. The molecule has 3 nitrogen and oxygen atoms in total. The van der Waals surface area contributed by atoms with Crippen molar-refractivity contribution in [2.75, 3.05) is 16.8 Å². The number of hydrogen-bond donors (Lipinski definition) is 0. The van der Waals surface area contributed by atoms with E-state index in [1.165, 1.54) is 22.6 Å². The van der Waals surface area contributed by atoms with E-state index in [9.17, 15) is 0 Å². The Hall–Kier alpha value is -2.03. The summed E-state index contributed by atoms with van der Waals surface area (Å²) in [7, 11) is 2.13. The lowest BCUT2D eigenvalue weighted by Gasteiger charge is -2.28. The second kappa shape index (κ2) is 4.02. The molecule has 0 saturated carbocycles. The molecule has 0 radical (unpaired) electrons. The number of pyridine rings is 1. The van der Waals surface area contributed by atoms with Gasteiger partial charge in [-0.05, 0) is 37.6 Å². The van der Waals surface area contributed by atoms with E-state index in [4.69, 9.17) is 0 Å². The lowest BCUT2D eigenvalue weighted by atomic mass is 10.2. The van der Waals surface area contributed by atoms with Crippen LogP contribution in [-0.4, -0.2) is 18.2 Å². The van der Waals surface area contributed by atoms with E-state index >= 15 is 0 Å². The van der Waals surface area contributed by atoms with Gasteiger partial charge in [-0.25, -0.2) is 0 Å². The molecule has 1 aliphatic rings. The van der Waals surface area contributed by atoms with Crippen molar-refractivity contribution in [3.63, 3.8) is 0 Å². The molecule has 1 aliphatic heterocycles. The molecule has 3 rings (SSSR count). The molecule has 2 aromatic rings. The number of fused-ring (bicyclic) bond motifs is 1. The van der Waals surface area contributed by atoms with Crippen LogP contribution in [0.25, 0.3) is 0 Å². The summed E-state index contributed by atoms with van der Waals surface area (Å²) in [5, 5.41) is 0. The summed E-state index contributed by atoms with van der Waals surface area (Å²) in [6.45, 7) is 4.34. The quantitative estimate of drug-likeness (QED) is 0.761. The Bertz CT molecular complexity index is 579. The number of aryl methyl sites for hydroxylation is 1. The SMILES string of the molecule is Cc1ccncc1N1c2ccccc2N(C)C1C. The van der Waals surface area contributed by atoms with Crippen LogP contribution in [0.15, 0.2) is 42.7 Å². The molecule has 0 fully saturated rings. The van der Waals surface area contributed by atoms with Gasteiger partial charge in [0.2, 0.25) is 0 Å². The van der Waals surface area contributed by atoms with Gasteiger partial charge in [0.1, 0.15) is 6.17 Å². The number of anilines is 3. The largest absolute Gasteiger partial charge is 0.353 e. The third kappa shape index (κ3) is 1.47. The van der Waals surface area contributed by atoms with Crippen molar-refractivity contribution in [3.8, 4) is 0 Å². The zero-order valence-electron chi connectivity index (χ0n) is 11.0. The maximum atomic E-state index is 4.26. The zero-order valence-corrected chi connectivity index (χ0v) is 11.0. The minimum atomic E-state index is 0.310. The van der Waals surface area contributed by atoms with Crippen LogP contribution in [0.1, 0.15) is 12.5 Å². The lowest BCUT2D eigenvalue weighted by Crippen LogP contribution is -2.35. The van der Waals surface area contributed by atoms with E-state index in [0.29, 0.717) is 6.17 Å². The average molecular weight is 239 g/mol. The molecule has 2 heterocycles. The van der Waals surface area contributed by atoms with Gasteiger partial charge in [0, 0.05) is 13.2 Å². The average Bonchev–Trinajstić information content (AvgIpc) is 2.64. The number of nitrogens with zero attached hydrogens (tertiary/aromatic N) is 3. The van der Waals surface area contributed by atoms with E-state index in [0.717, 1.165) is 0 Å². The maximum Gasteiger partial charge on any atom is 0.103 e. The van der Waals surface area contributed by atoms with Crippen LogP contribution in [0, 0.1) is 6.92 Å². The van der Waals surface area contributed by atoms with E-state index in [2.05, 4.69) is 66.0 Å². The summed E-state index contributed by atoms with van der Waals surface area (Å²) in [6.07, 6.45) is 4.10. The molecule has 18 heavy (non-hydrogen) atoms. The minimum absolute atomic E-state index is 0.310. The standard InChI is InChI=1S/C15H17N3/c1-11-8-9-16-10-15(11)18-12(2)17(3)13-6-4-5-7-14(13)18/h4-10,12H,1-3H3. The van der Waals surface area contributed by atoms with Crippen LogP contribution in [0.2, 0.25) is 0 Å². The zero-order chi connectivity index (χ0) is 12.7. The highest BCUT2D eigenvalue weighted by Crippen LogP contribution is 2.43. The van der Waals surface area contributed by atoms with Crippen molar-refractivity contribution >= 4 is 17.1 Å². The Labute approximate surface area is 108 Å². The molecule has 92 valence electrons. The van der Waals surface area contributed by atoms with E-state index in [-0.39, 0.29) is 0 Å². The summed E-state index contributed by atoms with van der Waals surface area (Å²) in [6, 6.07) is 10.6. The van der Waals surface area contributed by atoms with Crippen molar-refractivity contribution in [2.45, 2.75) is 20.0 Å². The first-order chi connectivity index (χ1) is 8.70. The first kappa shape index (κ1) is 11.1. The Morgan fingerprint density at radius 3 is 2.50 bits per heavy atom. The predicted molar refractivity (Wildman–Crippen MR) is 75.4 cm³/mol. The fraction of sp³-hybridized carbons (Fsp3) is 0.267. The highest BCUT2D eigenvalue weighted by Gasteiger charge is 2.31. The van der Waals surface area contributed by atoms with Gasteiger partial charge in [-0.3, -0.25) is 4.98 Å². The highest BCUT2D eigenvalue weighted by molar-refractivity contribution is 5.83. The maximum absolute atomic E-state index is 4.26. The van der Waals surface area contributed by atoms with Gasteiger partial charge < -0.3 is 9.80 Å². The van der Waals surface area contributed by atoms with Gasteiger partial charge in [-0.2, -0.15) is 0 Å².